The molecular formula is C31H58O3Si. The lowest BCUT2D eigenvalue weighted by Gasteiger charge is -2.42. The maximum Gasteiger partial charge on any atom is 0.258 e. The zero-order valence-electron chi connectivity index (χ0n) is 24.9. The first kappa shape index (κ1) is 31.9. The molecule has 0 saturated heterocycles. The second-order valence-corrected chi connectivity index (χ2v) is 16.9. The van der Waals surface area contributed by atoms with Crippen molar-refractivity contribution >= 4 is 8.32 Å². The first-order chi connectivity index (χ1) is 16.6. The Labute approximate surface area is 219 Å². The van der Waals surface area contributed by atoms with Crippen LogP contribution >= 0.6 is 0 Å². The molecule has 2 unspecified atom stereocenters. The minimum Gasteiger partial charge on any atom is -0.543 e. The van der Waals surface area contributed by atoms with Crippen LogP contribution in [0.25, 0.3) is 0 Å². The van der Waals surface area contributed by atoms with Gasteiger partial charge in [-0.2, -0.15) is 0 Å². The molecule has 204 valence electrons. The van der Waals surface area contributed by atoms with E-state index in [1.807, 2.05) is 0 Å². The van der Waals surface area contributed by atoms with Gasteiger partial charge in [-0.15, -0.1) is 0 Å². The van der Waals surface area contributed by atoms with Crippen LogP contribution in [0.1, 0.15) is 121 Å². The van der Waals surface area contributed by atoms with Gasteiger partial charge in [0, 0.05) is 18.2 Å². The maximum atomic E-state index is 7.04. The van der Waals surface area contributed by atoms with Gasteiger partial charge < -0.3 is 13.9 Å². The van der Waals surface area contributed by atoms with Crippen LogP contribution in [0.3, 0.4) is 0 Å². The van der Waals surface area contributed by atoms with Crippen molar-refractivity contribution in [3.63, 3.8) is 0 Å². The molecule has 0 aliphatic rings. The van der Waals surface area contributed by atoms with Crippen molar-refractivity contribution < 1.29 is 13.9 Å². The van der Waals surface area contributed by atoms with Gasteiger partial charge in [0.05, 0.1) is 13.2 Å². The Balaban J connectivity index is 3.22. The molecule has 0 N–H and O–H groups in total. The van der Waals surface area contributed by atoms with Crippen molar-refractivity contribution in [2.75, 3.05) is 13.2 Å². The third kappa shape index (κ3) is 10.0. The number of unbranched alkanes of at least 4 members (excludes halogenated alkanes) is 2. The van der Waals surface area contributed by atoms with Crippen molar-refractivity contribution in [1.29, 1.82) is 0 Å². The lowest BCUT2D eigenvalue weighted by molar-refractivity contribution is 0.222. The minimum absolute atomic E-state index is 0.522. The maximum absolute atomic E-state index is 7.04. The van der Waals surface area contributed by atoms with Gasteiger partial charge in [0.25, 0.3) is 8.32 Å². The third-order valence-electron chi connectivity index (χ3n) is 7.91. The van der Waals surface area contributed by atoms with Crippen LogP contribution < -0.4 is 13.9 Å². The Morgan fingerprint density at radius 3 is 1.29 bits per heavy atom. The highest BCUT2D eigenvalue weighted by Gasteiger charge is 2.47. The molecule has 0 aromatic heterocycles. The Morgan fingerprint density at radius 1 is 0.600 bits per heavy atom. The molecule has 3 nitrogen and oxygen atoms in total. The van der Waals surface area contributed by atoms with Crippen molar-refractivity contribution in [1.82, 2.24) is 0 Å². The standard InChI is InChI=1S/C31H58O3Si/c1-11-15-17-27(13-3)22-32-29-19-30(33-23-28(14-4)18-16-12-2)21-31(20-29)34-35(24(5)6,25(7)8)26(9)10/h19-21,24-28H,11-18,22-23H2,1-10H3. The summed E-state index contributed by atoms with van der Waals surface area (Å²) in [5, 5.41) is 0. The van der Waals surface area contributed by atoms with Crippen molar-refractivity contribution in [3.05, 3.63) is 18.2 Å². The molecule has 0 amide bonds. The van der Waals surface area contributed by atoms with Crippen molar-refractivity contribution in [2.24, 2.45) is 11.8 Å². The quantitative estimate of drug-likeness (QED) is 0.175. The molecule has 0 aliphatic heterocycles. The van der Waals surface area contributed by atoms with Gasteiger partial charge >= 0.3 is 0 Å². The van der Waals surface area contributed by atoms with E-state index in [0.29, 0.717) is 28.5 Å². The lowest BCUT2D eigenvalue weighted by atomic mass is 10.0. The van der Waals surface area contributed by atoms with E-state index in [9.17, 15) is 0 Å². The van der Waals surface area contributed by atoms with E-state index >= 15 is 0 Å². The highest BCUT2D eigenvalue weighted by Crippen LogP contribution is 2.44. The first-order valence-electron chi connectivity index (χ1n) is 14.7. The normalized spacial score (nSPS) is 14.0. The van der Waals surface area contributed by atoms with E-state index < -0.39 is 8.32 Å². The van der Waals surface area contributed by atoms with Gasteiger partial charge in [0.15, 0.2) is 0 Å². The van der Waals surface area contributed by atoms with Gasteiger partial charge in [-0.25, -0.2) is 0 Å². The average Bonchev–Trinajstić information content (AvgIpc) is 2.82. The summed E-state index contributed by atoms with van der Waals surface area (Å²) >= 11 is 0. The van der Waals surface area contributed by atoms with Gasteiger partial charge in [-0.1, -0.05) is 108 Å². The molecule has 1 rings (SSSR count). The van der Waals surface area contributed by atoms with E-state index in [4.69, 9.17) is 13.9 Å². The van der Waals surface area contributed by atoms with Crippen LogP contribution in [0.4, 0.5) is 0 Å². The summed E-state index contributed by atoms with van der Waals surface area (Å²) in [7, 11) is -2.06. The average molecular weight is 507 g/mol. The van der Waals surface area contributed by atoms with Gasteiger partial charge in [0.1, 0.15) is 17.2 Å². The van der Waals surface area contributed by atoms with Gasteiger partial charge in [0.2, 0.25) is 0 Å². The fourth-order valence-corrected chi connectivity index (χ4v) is 10.8. The fourth-order valence-electron chi connectivity index (χ4n) is 5.55. The Morgan fingerprint density at radius 2 is 0.971 bits per heavy atom. The van der Waals surface area contributed by atoms with Crippen LogP contribution in [0, 0.1) is 11.8 Å². The third-order valence-corrected chi connectivity index (χ3v) is 13.9. The summed E-state index contributed by atoms with van der Waals surface area (Å²) in [5.74, 6) is 3.88. The summed E-state index contributed by atoms with van der Waals surface area (Å²) in [6.07, 6.45) is 9.76. The summed E-state index contributed by atoms with van der Waals surface area (Å²) in [4.78, 5) is 0. The van der Waals surface area contributed by atoms with E-state index in [0.717, 1.165) is 43.3 Å². The Hall–Kier alpha value is -1.16. The molecule has 1 aromatic rings. The number of hydrogen-bond acceptors (Lipinski definition) is 3. The molecule has 0 saturated carbocycles. The van der Waals surface area contributed by atoms with Crippen LogP contribution in [0.15, 0.2) is 18.2 Å². The summed E-state index contributed by atoms with van der Waals surface area (Å²) in [6.45, 7) is 24.6. The van der Waals surface area contributed by atoms with E-state index in [1.165, 1.54) is 38.5 Å². The molecule has 4 heteroatoms. The molecule has 0 radical (unpaired) electrons. The van der Waals surface area contributed by atoms with Crippen LogP contribution in [-0.2, 0) is 0 Å². The highest BCUT2D eigenvalue weighted by atomic mass is 28.4. The number of ether oxygens (including phenoxy) is 2. The summed E-state index contributed by atoms with van der Waals surface area (Å²) in [6, 6.07) is 6.31. The molecular weight excluding hydrogens is 448 g/mol. The molecule has 1 aromatic carbocycles. The number of rotatable bonds is 19. The smallest absolute Gasteiger partial charge is 0.258 e. The largest absolute Gasteiger partial charge is 0.543 e. The molecule has 2 atom stereocenters. The predicted octanol–water partition coefficient (Wildman–Crippen LogP) is 10.4. The van der Waals surface area contributed by atoms with Crippen molar-refractivity contribution in [2.45, 2.75) is 137 Å². The Kier molecular flexibility index (Phi) is 15.1. The van der Waals surface area contributed by atoms with Gasteiger partial charge in [-0.05, 0) is 41.3 Å². The Bertz CT molecular complexity index is 626. The molecule has 35 heavy (non-hydrogen) atoms. The van der Waals surface area contributed by atoms with Crippen LogP contribution in [0.5, 0.6) is 17.2 Å². The zero-order chi connectivity index (χ0) is 26.4. The summed E-state index contributed by atoms with van der Waals surface area (Å²) < 4.78 is 19.8. The van der Waals surface area contributed by atoms with E-state index in [-0.39, 0.29) is 0 Å². The summed E-state index contributed by atoms with van der Waals surface area (Å²) in [5.41, 5.74) is 1.57. The molecule has 0 heterocycles. The molecule has 0 aliphatic carbocycles. The van der Waals surface area contributed by atoms with Crippen LogP contribution in [0.2, 0.25) is 16.6 Å². The SMILES string of the molecule is CCCCC(CC)COc1cc(OCC(CC)CCCC)cc(O[Si](C(C)C)(C(C)C)C(C)C)c1. The van der Waals surface area contributed by atoms with Gasteiger partial charge in [-0.3, -0.25) is 0 Å². The van der Waals surface area contributed by atoms with E-state index in [1.54, 1.807) is 0 Å². The number of benzene rings is 1. The topological polar surface area (TPSA) is 27.7 Å². The molecule has 0 bridgehead atoms. The molecule has 0 fully saturated rings. The minimum atomic E-state index is -2.06. The predicted molar refractivity (Wildman–Crippen MR) is 156 cm³/mol. The van der Waals surface area contributed by atoms with E-state index in [2.05, 4.69) is 87.4 Å². The fraction of sp³-hybridized carbons (Fsp3) is 0.806. The molecule has 0 spiro atoms. The first-order valence-corrected chi connectivity index (χ1v) is 16.9. The lowest BCUT2D eigenvalue weighted by Crippen LogP contribution is -2.50. The van der Waals surface area contributed by atoms with Crippen LogP contribution in [-0.4, -0.2) is 21.5 Å². The zero-order valence-corrected chi connectivity index (χ0v) is 25.9. The highest BCUT2D eigenvalue weighted by molar-refractivity contribution is 6.78. The second-order valence-electron chi connectivity index (χ2n) is 11.5. The van der Waals surface area contributed by atoms with Crippen molar-refractivity contribution in [3.8, 4) is 17.2 Å². The second kappa shape index (κ2) is 16.6. The number of hydrogen-bond donors (Lipinski definition) is 0. The monoisotopic (exact) mass is 506 g/mol.